The Morgan fingerprint density at radius 1 is 0.451 bits per heavy atom. The van der Waals surface area contributed by atoms with Gasteiger partial charge in [0, 0.05) is 24.8 Å². The molecule has 0 saturated carbocycles. The molecule has 0 rings (SSSR count). The fourth-order valence-electron chi connectivity index (χ4n) is 4.93. The predicted molar refractivity (Wildman–Crippen MR) is 202 cm³/mol. The van der Waals surface area contributed by atoms with Crippen LogP contribution in [0.3, 0.4) is 0 Å². The summed E-state index contributed by atoms with van der Waals surface area (Å²) < 4.78 is 12.8. The molecule has 10 nitrogen and oxygen atoms in total. The van der Waals surface area contributed by atoms with Crippen LogP contribution in [-0.4, -0.2) is 80.7 Å². The fraction of sp³-hybridized carbons (Fsp3) is 0.900. The molecule has 0 saturated heterocycles. The van der Waals surface area contributed by atoms with Crippen LogP contribution >= 0.6 is 0 Å². The second-order valence-electron chi connectivity index (χ2n) is 13.3. The summed E-state index contributed by atoms with van der Waals surface area (Å²) in [6.07, 6.45) is 24.9. The van der Waals surface area contributed by atoms with Gasteiger partial charge in [0.15, 0.2) is 12.2 Å². The number of carboxylic acid groups (broad SMARTS) is 2. The summed E-state index contributed by atoms with van der Waals surface area (Å²) in [7, 11) is 0. The Kier molecular flexibility index (Phi) is 47.3. The van der Waals surface area contributed by atoms with Crippen LogP contribution in [0.4, 0.5) is 0 Å². The standard InChI is InChI=1S/2C16H30O5.2C4H9.Sn/c2*1-2-3-4-5-6-7-8-9-10-11-12-21-16(20)14(17)13-15(18)19;2*1-3-4-2;/h2*14,17H,2-13H2,1H3,(H,18,19);2*1,3-4H2,2H3;/q;;;;+2/p-2. The molecular formula is C40H76O10Sn. The maximum atomic E-state index is 11.2. The molecule has 2 N–H and O–H groups in total. The quantitative estimate of drug-likeness (QED) is 0.0389. The van der Waals surface area contributed by atoms with Crippen LogP contribution in [0.5, 0.6) is 0 Å². The molecule has 0 amide bonds. The van der Waals surface area contributed by atoms with Crippen molar-refractivity contribution in [3.05, 3.63) is 0 Å². The van der Waals surface area contributed by atoms with E-state index in [9.17, 15) is 29.4 Å². The average Bonchev–Trinajstić information content (AvgIpc) is 3.09. The Hall–Kier alpha value is -1.40. The summed E-state index contributed by atoms with van der Waals surface area (Å²) in [5, 5.41) is 38.7. The van der Waals surface area contributed by atoms with Crippen LogP contribution in [0.25, 0.3) is 0 Å². The molecule has 0 aliphatic carbocycles. The number of aliphatic carboxylic acids is 2. The first-order chi connectivity index (χ1) is 24.6. The molecule has 0 spiro atoms. The van der Waals surface area contributed by atoms with E-state index in [4.69, 9.17) is 19.7 Å². The summed E-state index contributed by atoms with van der Waals surface area (Å²) in [4.78, 5) is 42.7. The van der Waals surface area contributed by atoms with Crippen molar-refractivity contribution in [2.75, 3.05) is 13.2 Å². The molecule has 0 fully saturated rings. The van der Waals surface area contributed by atoms with Gasteiger partial charge < -0.3 is 39.5 Å². The number of ether oxygens (including phenoxy) is 2. The molecule has 2 unspecified atom stereocenters. The summed E-state index contributed by atoms with van der Waals surface area (Å²) in [5.41, 5.74) is 0. The van der Waals surface area contributed by atoms with Crippen LogP contribution in [0.15, 0.2) is 0 Å². The Morgan fingerprint density at radius 3 is 0.961 bits per heavy atom. The Bertz CT molecular complexity index is 718. The Labute approximate surface area is 321 Å². The topological polar surface area (TPSA) is 173 Å². The predicted octanol–water partition coefficient (Wildman–Crippen LogP) is 7.03. The summed E-state index contributed by atoms with van der Waals surface area (Å²) >= 11 is 0.149. The number of unbranched alkanes of at least 4 members (excludes halogenated alkanes) is 20. The van der Waals surface area contributed by atoms with E-state index in [2.05, 4.69) is 27.7 Å². The minimum atomic E-state index is -1.61. The van der Waals surface area contributed by atoms with E-state index in [1.54, 1.807) is 8.87 Å². The number of hydrogen-bond donors (Lipinski definition) is 2. The zero-order valence-electron chi connectivity index (χ0n) is 33.0. The number of rotatable bonds is 34. The number of aliphatic hydroxyl groups is 2. The van der Waals surface area contributed by atoms with Gasteiger partial charge in [-0.25, -0.2) is 9.59 Å². The van der Waals surface area contributed by atoms with Gasteiger partial charge in [0.1, 0.15) is 0 Å². The van der Waals surface area contributed by atoms with Crippen LogP contribution in [0, 0.1) is 0 Å². The molecule has 0 aromatic rings. The van der Waals surface area contributed by atoms with Crippen molar-refractivity contribution in [3.8, 4) is 0 Å². The molecular weight excluding hydrogens is 759 g/mol. The first-order valence-electron chi connectivity index (χ1n) is 20.4. The molecule has 0 aliphatic heterocycles. The van der Waals surface area contributed by atoms with E-state index >= 15 is 0 Å². The van der Waals surface area contributed by atoms with E-state index in [1.807, 2.05) is 0 Å². The molecule has 0 aromatic heterocycles. The number of hydrogen-bond acceptors (Lipinski definition) is 10. The minimum absolute atomic E-state index is 0.149. The van der Waals surface area contributed by atoms with Crippen molar-refractivity contribution < 1.29 is 49.1 Å². The number of aliphatic hydroxyl groups excluding tert-OH is 2. The molecule has 0 aromatic carbocycles. The molecule has 300 valence electrons. The zero-order chi connectivity index (χ0) is 38.8. The van der Waals surface area contributed by atoms with Crippen LogP contribution in [0.2, 0.25) is 8.87 Å². The summed E-state index contributed by atoms with van der Waals surface area (Å²) in [6.45, 7) is 9.48. The second kappa shape index (κ2) is 44.8. The first-order valence-corrected chi connectivity index (χ1v) is 24.4. The zero-order valence-corrected chi connectivity index (χ0v) is 35.9. The Morgan fingerprint density at radius 2 is 0.706 bits per heavy atom. The number of esters is 2. The van der Waals surface area contributed by atoms with Crippen LogP contribution in [0.1, 0.15) is 195 Å². The molecule has 0 bridgehead atoms. The van der Waals surface area contributed by atoms with Crippen molar-refractivity contribution in [2.24, 2.45) is 0 Å². The SMILES string of the molecule is CCCCCCCCCCCCOC(=O)C(O)CC(=O)[O-].CCCCCCCCCCCCOC(=O)C(O)CC(=O)[O-].CCC[CH2][Sn+2][CH2]CCC. The van der Waals surface area contributed by atoms with Crippen LogP contribution < -0.4 is 10.2 Å². The van der Waals surface area contributed by atoms with E-state index in [0.29, 0.717) is 0 Å². The normalized spacial score (nSPS) is 11.6. The molecule has 0 aliphatic rings. The van der Waals surface area contributed by atoms with E-state index < -0.39 is 48.9 Å². The van der Waals surface area contributed by atoms with Crippen LogP contribution in [-0.2, 0) is 28.7 Å². The number of carbonyl (C=O) groups excluding carboxylic acids is 4. The van der Waals surface area contributed by atoms with Gasteiger partial charge in [0.05, 0.1) is 13.2 Å². The third-order valence-corrected chi connectivity index (χ3v) is 12.2. The van der Waals surface area contributed by atoms with Crippen molar-refractivity contribution in [2.45, 2.75) is 216 Å². The summed E-state index contributed by atoms with van der Waals surface area (Å²) in [6, 6.07) is 0. The van der Waals surface area contributed by atoms with Gasteiger partial charge in [-0.2, -0.15) is 0 Å². The Balaban J connectivity index is -0.000000731. The van der Waals surface area contributed by atoms with Gasteiger partial charge in [-0.05, 0) is 12.8 Å². The number of carbonyl (C=O) groups is 4. The fourth-order valence-corrected chi connectivity index (χ4v) is 9.09. The first kappa shape index (κ1) is 53.9. The van der Waals surface area contributed by atoms with Gasteiger partial charge in [0.2, 0.25) is 0 Å². The maximum absolute atomic E-state index is 11.2. The van der Waals surface area contributed by atoms with Gasteiger partial charge in [0.25, 0.3) is 0 Å². The second-order valence-corrected chi connectivity index (χ2v) is 17.6. The van der Waals surface area contributed by atoms with Gasteiger partial charge in [-0.15, -0.1) is 0 Å². The molecule has 2 atom stereocenters. The van der Waals surface area contributed by atoms with Crippen molar-refractivity contribution in [1.29, 1.82) is 0 Å². The molecule has 11 heteroatoms. The van der Waals surface area contributed by atoms with E-state index in [-0.39, 0.29) is 34.4 Å². The van der Waals surface area contributed by atoms with Gasteiger partial charge >= 0.3 is 81.5 Å². The third-order valence-electron chi connectivity index (χ3n) is 8.16. The van der Waals surface area contributed by atoms with Crippen molar-refractivity contribution >= 4 is 45.0 Å². The molecule has 51 heavy (non-hydrogen) atoms. The van der Waals surface area contributed by atoms with Gasteiger partial charge in [-0.1, -0.05) is 129 Å². The van der Waals surface area contributed by atoms with E-state index in [0.717, 1.165) is 38.5 Å². The van der Waals surface area contributed by atoms with E-state index in [1.165, 1.54) is 116 Å². The van der Waals surface area contributed by atoms with Crippen molar-refractivity contribution in [3.63, 3.8) is 0 Å². The molecule has 0 heterocycles. The third kappa shape index (κ3) is 48.6. The van der Waals surface area contributed by atoms with Gasteiger partial charge in [-0.3, -0.25) is 0 Å². The summed E-state index contributed by atoms with van der Waals surface area (Å²) in [5.74, 6) is -4.68. The monoisotopic (exact) mass is 836 g/mol. The van der Waals surface area contributed by atoms with Crippen molar-refractivity contribution in [1.82, 2.24) is 0 Å². The average molecular weight is 836 g/mol. The molecule has 0 radical (unpaired) electrons. The number of carboxylic acids is 2.